The second kappa shape index (κ2) is 5.58. The highest BCUT2D eigenvalue weighted by molar-refractivity contribution is 5.88. The molecule has 0 fully saturated rings. The van der Waals surface area contributed by atoms with Crippen molar-refractivity contribution in [3.8, 4) is 5.75 Å². The van der Waals surface area contributed by atoms with Gasteiger partial charge in [-0.05, 0) is 23.9 Å². The van der Waals surface area contributed by atoms with Gasteiger partial charge in [0.2, 0.25) is 0 Å². The summed E-state index contributed by atoms with van der Waals surface area (Å²) in [5.41, 5.74) is -0.164. The third-order valence-corrected chi connectivity index (χ3v) is 3.65. The molecule has 0 amide bonds. The molecule has 0 aliphatic carbocycles. The average molecular weight is 278 g/mol. The fourth-order valence-corrected chi connectivity index (χ4v) is 2.42. The number of aliphatic hydroxyl groups is 1. The molecule has 0 radical (unpaired) electrons. The Bertz CT molecular complexity index is 727. The van der Waals surface area contributed by atoms with Crippen LogP contribution in [0.3, 0.4) is 0 Å². The fourth-order valence-electron chi connectivity index (χ4n) is 2.42. The Labute approximate surface area is 124 Å². The predicted octanol–water partition coefficient (Wildman–Crippen LogP) is 4.13. The molecule has 1 unspecified atom stereocenters. The van der Waals surface area contributed by atoms with Gasteiger partial charge in [-0.2, -0.15) is 0 Å². The maximum absolute atomic E-state index is 10.6. The quantitative estimate of drug-likeness (QED) is 0.777. The number of fused-ring (bicyclic) bond motifs is 1. The van der Waals surface area contributed by atoms with E-state index in [2.05, 4.69) is 12.1 Å². The van der Waals surface area contributed by atoms with Crippen LogP contribution >= 0.6 is 0 Å². The average Bonchev–Trinajstić information content (AvgIpc) is 2.54. The molecule has 21 heavy (non-hydrogen) atoms. The summed E-state index contributed by atoms with van der Waals surface area (Å²) in [5.74, 6) is 0.796. The third kappa shape index (κ3) is 2.91. The van der Waals surface area contributed by atoms with E-state index in [1.807, 2.05) is 60.7 Å². The standard InChI is InChI=1S/C19H18O2/c1-19(20,16-10-3-2-4-11-16)14-21-18-13-7-9-15-8-5-6-12-17(15)18/h2-13,20H,14H2,1H3. The topological polar surface area (TPSA) is 29.5 Å². The molecule has 0 bridgehead atoms. The van der Waals surface area contributed by atoms with Crippen molar-refractivity contribution in [3.63, 3.8) is 0 Å². The lowest BCUT2D eigenvalue weighted by Gasteiger charge is -2.24. The van der Waals surface area contributed by atoms with Gasteiger partial charge in [-0.3, -0.25) is 0 Å². The highest BCUT2D eigenvalue weighted by Gasteiger charge is 2.24. The van der Waals surface area contributed by atoms with Crippen LogP contribution in [-0.4, -0.2) is 11.7 Å². The van der Waals surface area contributed by atoms with Crippen LogP contribution in [0.25, 0.3) is 10.8 Å². The summed E-state index contributed by atoms with van der Waals surface area (Å²) in [6, 6.07) is 23.6. The Morgan fingerprint density at radius 3 is 2.33 bits per heavy atom. The highest BCUT2D eigenvalue weighted by Crippen LogP contribution is 2.28. The summed E-state index contributed by atoms with van der Waals surface area (Å²) in [7, 11) is 0. The van der Waals surface area contributed by atoms with Gasteiger partial charge in [0, 0.05) is 5.39 Å². The second-order valence-corrected chi connectivity index (χ2v) is 5.41. The van der Waals surface area contributed by atoms with Crippen LogP contribution < -0.4 is 4.74 Å². The first-order valence-electron chi connectivity index (χ1n) is 7.05. The number of benzene rings is 3. The van der Waals surface area contributed by atoms with E-state index in [-0.39, 0.29) is 6.61 Å². The van der Waals surface area contributed by atoms with Crippen molar-refractivity contribution in [3.05, 3.63) is 78.4 Å². The number of ether oxygens (including phenoxy) is 1. The van der Waals surface area contributed by atoms with Gasteiger partial charge in [0.15, 0.2) is 0 Å². The molecule has 0 aliphatic rings. The van der Waals surface area contributed by atoms with Crippen molar-refractivity contribution in [2.24, 2.45) is 0 Å². The summed E-state index contributed by atoms with van der Waals surface area (Å²) >= 11 is 0. The molecule has 2 heteroatoms. The minimum atomic E-state index is -1.02. The SMILES string of the molecule is CC(O)(COc1cccc2ccccc12)c1ccccc1. The van der Waals surface area contributed by atoms with Crippen LogP contribution in [0.1, 0.15) is 12.5 Å². The molecule has 1 N–H and O–H groups in total. The minimum absolute atomic E-state index is 0.213. The summed E-state index contributed by atoms with van der Waals surface area (Å²) in [4.78, 5) is 0. The van der Waals surface area contributed by atoms with Gasteiger partial charge >= 0.3 is 0 Å². The normalized spacial score (nSPS) is 13.8. The summed E-state index contributed by atoms with van der Waals surface area (Å²) in [5, 5.41) is 12.8. The summed E-state index contributed by atoms with van der Waals surface area (Å²) in [6.45, 7) is 1.98. The lowest BCUT2D eigenvalue weighted by molar-refractivity contribution is 0.00811. The molecule has 106 valence electrons. The second-order valence-electron chi connectivity index (χ2n) is 5.41. The Hall–Kier alpha value is -2.32. The molecule has 0 aromatic heterocycles. The molecule has 0 saturated heterocycles. The van der Waals surface area contributed by atoms with E-state index >= 15 is 0 Å². The van der Waals surface area contributed by atoms with E-state index in [4.69, 9.17) is 4.74 Å². The van der Waals surface area contributed by atoms with Crippen LogP contribution in [-0.2, 0) is 5.60 Å². The van der Waals surface area contributed by atoms with Gasteiger partial charge in [0.25, 0.3) is 0 Å². The van der Waals surface area contributed by atoms with E-state index in [1.165, 1.54) is 0 Å². The Balaban J connectivity index is 1.84. The van der Waals surface area contributed by atoms with Crippen molar-refractivity contribution in [2.45, 2.75) is 12.5 Å². The lowest BCUT2D eigenvalue weighted by atomic mass is 9.97. The fraction of sp³-hybridized carbons (Fsp3) is 0.158. The van der Waals surface area contributed by atoms with E-state index in [1.54, 1.807) is 6.92 Å². The van der Waals surface area contributed by atoms with Crippen LogP contribution in [0, 0.1) is 0 Å². The molecule has 0 aliphatic heterocycles. The predicted molar refractivity (Wildman–Crippen MR) is 85.5 cm³/mol. The summed E-state index contributed by atoms with van der Waals surface area (Å²) in [6.07, 6.45) is 0. The molecule has 0 spiro atoms. The van der Waals surface area contributed by atoms with E-state index in [9.17, 15) is 5.11 Å². The maximum Gasteiger partial charge on any atom is 0.127 e. The van der Waals surface area contributed by atoms with Gasteiger partial charge < -0.3 is 9.84 Å². The monoisotopic (exact) mass is 278 g/mol. The lowest BCUT2D eigenvalue weighted by Crippen LogP contribution is -2.29. The van der Waals surface area contributed by atoms with Crippen LogP contribution in [0.2, 0.25) is 0 Å². The Morgan fingerprint density at radius 2 is 1.52 bits per heavy atom. The van der Waals surface area contributed by atoms with Gasteiger partial charge in [-0.1, -0.05) is 66.7 Å². The minimum Gasteiger partial charge on any atom is -0.490 e. The first-order valence-corrected chi connectivity index (χ1v) is 7.05. The third-order valence-electron chi connectivity index (χ3n) is 3.65. The number of hydrogen-bond donors (Lipinski definition) is 1. The molecule has 2 nitrogen and oxygen atoms in total. The molecular weight excluding hydrogens is 260 g/mol. The van der Waals surface area contributed by atoms with Crippen molar-refractivity contribution >= 4 is 10.8 Å². The van der Waals surface area contributed by atoms with E-state index in [0.717, 1.165) is 22.1 Å². The largest absolute Gasteiger partial charge is 0.490 e. The van der Waals surface area contributed by atoms with Gasteiger partial charge in [0.1, 0.15) is 18.0 Å². The maximum atomic E-state index is 10.6. The van der Waals surface area contributed by atoms with Crippen molar-refractivity contribution in [1.82, 2.24) is 0 Å². The smallest absolute Gasteiger partial charge is 0.127 e. The zero-order chi connectivity index (χ0) is 14.7. The van der Waals surface area contributed by atoms with Crippen LogP contribution in [0.4, 0.5) is 0 Å². The van der Waals surface area contributed by atoms with Crippen LogP contribution in [0.15, 0.2) is 72.8 Å². The molecule has 0 heterocycles. The zero-order valence-electron chi connectivity index (χ0n) is 12.0. The Morgan fingerprint density at radius 1 is 0.857 bits per heavy atom. The number of rotatable bonds is 4. The first kappa shape index (κ1) is 13.7. The molecule has 1 atom stereocenters. The number of hydrogen-bond acceptors (Lipinski definition) is 2. The van der Waals surface area contributed by atoms with Crippen LogP contribution in [0.5, 0.6) is 5.75 Å². The van der Waals surface area contributed by atoms with Gasteiger partial charge in [-0.15, -0.1) is 0 Å². The highest BCUT2D eigenvalue weighted by atomic mass is 16.5. The van der Waals surface area contributed by atoms with Gasteiger partial charge in [-0.25, -0.2) is 0 Å². The van der Waals surface area contributed by atoms with Crippen molar-refractivity contribution in [2.75, 3.05) is 6.61 Å². The zero-order valence-corrected chi connectivity index (χ0v) is 12.0. The van der Waals surface area contributed by atoms with E-state index in [0.29, 0.717) is 0 Å². The van der Waals surface area contributed by atoms with Crippen molar-refractivity contribution in [1.29, 1.82) is 0 Å². The Kier molecular flexibility index (Phi) is 3.63. The van der Waals surface area contributed by atoms with Gasteiger partial charge in [0.05, 0.1) is 0 Å². The molecular formula is C19H18O2. The van der Waals surface area contributed by atoms with E-state index < -0.39 is 5.60 Å². The van der Waals surface area contributed by atoms with Crippen molar-refractivity contribution < 1.29 is 9.84 Å². The molecule has 0 saturated carbocycles. The molecule has 3 rings (SSSR count). The molecule has 3 aromatic rings. The summed E-state index contributed by atoms with van der Waals surface area (Å²) < 4.78 is 5.89. The molecule has 3 aromatic carbocycles. The first-order chi connectivity index (χ1) is 10.2.